The van der Waals surface area contributed by atoms with Gasteiger partial charge in [-0.15, -0.1) is 4.52 Å². The summed E-state index contributed by atoms with van der Waals surface area (Å²) in [6.45, 7) is -3.39. The van der Waals surface area contributed by atoms with Crippen molar-refractivity contribution < 1.29 is 42.5 Å². The zero-order valence-corrected chi connectivity index (χ0v) is 26.0. The fourth-order valence-electron chi connectivity index (χ4n) is 6.03. The molecule has 1 saturated heterocycles. The monoisotopic (exact) mass is 681 g/mol. The summed E-state index contributed by atoms with van der Waals surface area (Å²) in [5.74, 6) is -0.365. The van der Waals surface area contributed by atoms with Crippen molar-refractivity contribution in [2.75, 3.05) is 24.7 Å². The molecule has 3 aliphatic rings. The second-order valence-electron chi connectivity index (χ2n) is 11.1. The van der Waals surface area contributed by atoms with Crippen molar-refractivity contribution >= 4 is 60.7 Å². The van der Waals surface area contributed by atoms with E-state index in [1.807, 2.05) is 4.57 Å². The van der Waals surface area contributed by atoms with E-state index in [0.717, 1.165) is 6.42 Å². The maximum absolute atomic E-state index is 13.2. The summed E-state index contributed by atoms with van der Waals surface area (Å²) in [5, 5.41) is 11.3. The quantitative estimate of drug-likeness (QED) is 0.150. The Morgan fingerprint density at radius 3 is 2.36 bits per heavy atom. The van der Waals surface area contributed by atoms with Crippen LogP contribution in [-0.2, 0) is 39.4 Å². The number of hydrogen-bond donors (Lipinski definition) is 5. The molecule has 2 fully saturated rings. The number of hydrogen-bond acceptors (Lipinski definition) is 16. The number of imidazole rings is 2. The molecule has 1 unspecified atom stereocenters. The summed E-state index contributed by atoms with van der Waals surface area (Å²) in [6.07, 6.45) is 5.91. The van der Waals surface area contributed by atoms with Gasteiger partial charge in [-0.2, -0.15) is 0 Å². The van der Waals surface area contributed by atoms with E-state index in [1.165, 1.54) is 30.5 Å². The van der Waals surface area contributed by atoms with Gasteiger partial charge in [-0.25, -0.2) is 34.4 Å². The largest absolute Gasteiger partial charge is 0.750 e. The number of aliphatic hydroxyl groups excluding tert-OH is 1. The Labute approximate surface area is 259 Å². The molecule has 2 aliphatic heterocycles. The van der Waals surface area contributed by atoms with E-state index in [4.69, 9.17) is 34.5 Å². The van der Waals surface area contributed by atoms with Crippen molar-refractivity contribution in [2.24, 2.45) is 5.92 Å². The van der Waals surface area contributed by atoms with Gasteiger partial charge in [-0.3, -0.25) is 9.13 Å². The molecule has 0 amide bonds. The summed E-state index contributed by atoms with van der Waals surface area (Å²) in [5.41, 5.74) is 10.9. The number of nitrogens with two attached hydrogens (primary N) is 2. The van der Waals surface area contributed by atoms with Crippen molar-refractivity contribution in [3.63, 3.8) is 0 Å². The SMILES string of the molecule is C[C@]1(COP(O)(O)=S)O[C@@H](n2cnc3c(N)ncnc32)C(O)=C1O[P+](=O)OC[C@]12CC[C@H](C1)[C@H](n1cnc3c(N)ncnc31)O2. The minimum absolute atomic E-state index is 0.0824. The Bertz CT molecular complexity index is 1920. The highest BCUT2D eigenvalue weighted by Crippen LogP contribution is 2.55. The third kappa shape index (κ3) is 5.31. The van der Waals surface area contributed by atoms with Crippen LogP contribution in [0.2, 0.25) is 0 Å². The average Bonchev–Trinajstić information content (AvgIpc) is 3.81. The van der Waals surface area contributed by atoms with Crippen molar-refractivity contribution in [3.05, 3.63) is 36.8 Å². The number of nitrogen functional groups attached to an aromatic ring is 2. The first-order chi connectivity index (χ1) is 21.4. The van der Waals surface area contributed by atoms with Crippen LogP contribution in [0.1, 0.15) is 38.6 Å². The van der Waals surface area contributed by atoms with Crippen LogP contribution in [0.5, 0.6) is 0 Å². The van der Waals surface area contributed by atoms with E-state index in [9.17, 15) is 19.5 Å². The molecule has 7 rings (SSSR count). The maximum atomic E-state index is 13.2. The Balaban J connectivity index is 1.10. The number of ether oxygens (including phenoxy) is 2. The van der Waals surface area contributed by atoms with Gasteiger partial charge in [-0.05, 0) is 38.0 Å². The van der Waals surface area contributed by atoms with Gasteiger partial charge in [0.15, 0.2) is 40.5 Å². The number of aliphatic hydroxyl groups is 1. The third-order valence-corrected chi connectivity index (χ3v) is 9.56. The van der Waals surface area contributed by atoms with Crippen LogP contribution in [0, 0.1) is 5.92 Å². The lowest BCUT2D eigenvalue weighted by atomic mass is 10.0. The first-order valence-corrected chi connectivity index (χ1v) is 17.2. The first-order valence-electron chi connectivity index (χ1n) is 13.5. The Morgan fingerprint density at radius 1 is 1.04 bits per heavy atom. The molecule has 6 atom stereocenters. The molecule has 238 valence electrons. The van der Waals surface area contributed by atoms with Crippen molar-refractivity contribution in [1.82, 2.24) is 39.0 Å². The topological polar surface area (TPSA) is 263 Å². The maximum Gasteiger partial charge on any atom is 0.750 e. The van der Waals surface area contributed by atoms with Crippen LogP contribution in [0.3, 0.4) is 0 Å². The molecule has 6 heterocycles. The number of fused-ring (bicyclic) bond motifs is 4. The summed E-state index contributed by atoms with van der Waals surface area (Å²) in [7, 11) is -2.91. The summed E-state index contributed by atoms with van der Waals surface area (Å²) in [6, 6.07) is 0. The lowest BCUT2D eigenvalue weighted by Crippen LogP contribution is -2.35. The van der Waals surface area contributed by atoms with Crippen molar-refractivity contribution in [1.29, 1.82) is 0 Å². The van der Waals surface area contributed by atoms with Gasteiger partial charge in [0.25, 0.3) is 0 Å². The van der Waals surface area contributed by atoms with E-state index >= 15 is 0 Å². The minimum atomic E-state index is -4.15. The zero-order valence-electron chi connectivity index (χ0n) is 23.4. The molecule has 19 nitrogen and oxygen atoms in total. The Hall–Kier alpha value is -3.45. The van der Waals surface area contributed by atoms with Crippen LogP contribution in [0.15, 0.2) is 36.8 Å². The number of aromatic nitrogens is 8. The molecule has 1 aliphatic carbocycles. The van der Waals surface area contributed by atoms with Gasteiger partial charge in [0.1, 0.15) is 36.5 Å². The van der Waals surface area contributed by atoms with Crippen molar-refractivity contribution in [3.8, 4) is 0 Å². The molecule has 1 saturated carbocycles. The van der Waals surface area contributed by atoms with Crippen LogP contribution >= 0.6 is 15.0 Å². The third-order valence-electron chi connectivity index (χ3n) is 8.11. The van der Waals surface area contributed by atoms with Gasteiger partial charge < -0.3 is 40.4 Å². The van der Waals surface area contributed by atoms with E-state index < -0.39 is 51.0 Å². The van der Waals surface area contributed by atoms with Gasteiger partial charge in [0.2, 0.25) is 5.76 Å². The molecular weight excluding hydrogens is 654 g/mol. The zero-order chi connectivity index (χ0) is 31.7. The number of anilines is 2. The van der Waals surface area contributed by atoms with Gasteiger partial charge in [0.05, 0.1) is 24.9 Å². The van der Waals surface area contributed by atoms with Gasteiger partial charge in [-0.1, -0.05) is 0 Å². The average molecular weight is 682 g/mol. The molecule has 0 aromatic carbocycles. The summed E-state index contributed by atoms with van der Waals surface area (Å²) in [4.78, 5) is 44.2. The summed E-state index contributed by atoms with van der Waals surface area (Å²) >= 11 is 4.58. The van der Waals surface area contributed by atoms with Crippen LogP contribution < -0.4 is 11.5 Å². The van der Waals surface area contributed by atoms with Gasteiger partial charge in [0, 0.05) is 10.5 Å². The smallest absolute Gasteiger partial charge is 0.505 e. The highest BCUT2D eigenvalue weighted by Gasteiger charge is 2.56. The predicted molar refractivity (Wildman–Crippen MR) is 157 cm³/mol. The normalized spacial score (nSPS) is 28.5. The van der Waals surface area contributed by atoms with E-state index in [-0.39, 0.29) is 41.1 Å². The van der Waals surface area contributed by atoms with E-state index in [0.29, 0.717) is 24.0 Å². The highest BCUT2D eigenvalue weighted by atomic mass is 32.5. The highest BCUT2D eigenvalue weighted by molar-refractivity contribution is 8.06. The molecule has 4 aromatic heterocycles. The number of rotatable bonds is 10. The van der Waals surface area contributed by atoms with E-state index in [2.05, 4.69) is 41.7 Å². The lowest BCUT2D eigenvalue weighted by Gasteiger charge is -2.29. The molecule has 2 bridgehead atoms. The standard InChI is InChI=1S/C23H26N10O9P2S/c1-22(5-39-44(36,37)45)15(14(34)21(40-22)33-10-31-13-17(25)27-8-29-19(13)33)42-43(35)38-6-23-3-2-11(4-23)20(41-23)32-9-30-12-16(24)26-7-28-18(12)32/h7-11,20-21H,2-6H2,1H3,(H6-,24,25,26,27,28,29,34,36,37,45)/p+1/t11-,20-,21-,22-,23+/m1/s1. The fourth-order valence-corrected chi connectivity index (χ4v) is 7.43. The minimum Gasteiger partial charge on any atom is -0.505 e. The first kappa shape index (κ1) is 30.2. The van der Waals surface area contributed by atoms with Crippen LogP contribution in [-0.4, -0.2) is 78.3 Å². The second kappa shape index (κ2) is 10.8. The molecule has 0 radical (unpaired) electrons. The molecule has 22 heteroatoms. The molecule has 7 N–H and O–H groups in total. The number of nitrogens with zero attached hydrogens (tertiary/aromatic N) is 8. The molecule has 4 aromatic rings. The Morgan fingerprint density at radius 2 is 1.69 bits per heavy atom. The van der Waals surface area contributed by atoms with E-state index in [1.54, 1.807) is 6.33 Å². The lowest BCUT2D eigenvalue weighted by molar-refractivity contribution is -0.120. The predicted octanol–water partition coefficient (Wildman–Crippen LogP) is 1.87. The Kier molecular flexibility index (Phi) is 7.27. The van der Waals surface area contributed by atoms with Gasteiger partial charge >= 0.3 is 15.0 Å². The molecule has 45 heavy (non-hydrogen) atoms. The van der Waals surface area contributed by atoms with Crippen LogP contribution in [0.4, 0.5) is 11.6 Å². The second-order valence-corrected chi connectivity index (χ2v) is 14.7. The van der Waals surface area contributed by atoms with Crippen molar-refractivity contribution in [2.45, 2.75) is 49.8 Å². The summed E-state index contributed by atoms with van der Waals surface area (Å²) < 4.78 is 45.2. The molecular formula is C23H27N10O9P2S+. The molecule has 0 spiro atoms. The van der Waals surface area contributed by atoms with Crippen LogP contribution in [0.25, 0.3) is 22.3 Å². The fraction of sp³-hybridized carbons (Fsp3) is 0.478.